The Hall–Kier alpha value is -1.81. The minimum Gasteiger partial charge on any atom is -0.395 e. The summed E-state index contributed by atoms with van der Waals surface area (Å²) in [6.07, 6.45) is 1.97. The van der Waals surface area contributed by atoms with Gasteiger partial charge in [-0.3, -0.25) is 4.79 Å². The monoisotopic (exact) mass is 232 g/mol. The van der Waals surface area contributed by atoms with Crippen molar-refractivity contribution in [1.82, 2.24) is 9.47 Å². The largest absolute Gasteiger partial charge is 0.395 e. The molecule has 0 unspecified atom stereocenters. The van der Waals surface area contributed by atoms with Crippen LogP contribution in [0.1, 0.15) is 10.4 Å². The van der Waals surface area contributed by atoms with Crippen molar-refractivity contribution in [2.75, 3.05) is 20.2 Å². The minimum absolute atomic E-state index is 0.0180. The van der Waals surface area contributed by atoms with Gasteiger partial charge in [0.25, 0.3) is 5.91 Å². The standard InChI is InChI=1S/C13H16N2O2/c1-14-6-5-10-9-11(3-4-12(10)14)13(17)15(2)7-8-16/h3-6,9,16H,7-8H2,1-2H3. The topological polar surface area (TPSA) is 45.5 Å². The average molecular weight is 232 g/mol. The van der Waals surface area contributed by atoms with E-state index in [-0.39, 0.29) is 12.5 Å². The van der Waals surface area contributed by atoms with E-state index in [9.17, 15) is 4.79 Å². The van der Waals surface area contributed by atoms with Gasteiger partial charge in [0.2, 0.25) is 0 Å². The van der Waals surface area contributed by atoms with E-state index in [1.54, 1.807) is 7.05 Å². The van der Waals surface area contributed by atoms with Crippen molar-refractivity contribution >= 4 is 16.8 Å². The van der Waals surface area contributed by atoms with Gasteiger partial charge in [-0.2, -0.15) is 0 Å². The van der Waals surface area contributed by atoms with Gasteiger partial charge >= 0.3 is 0 Å². The van der Waals surface area contributed by atoms with Gasteiger partial charge in [-0.05, 0) is 24.3 Å². The van der Waals surface area contributed by atoms with Crippen molar-refractivity contribution in [2.45, 2.75) is 0 Å². The first-order valence-electron chi connectivity index (χ1n) is 5.55. The number of hydrogen-bond donors (Lipinski definition) is 1. The van der Waals surface area contributed by atoms with Crippen molar-refractivity contribution in [3.63, 3.8) is 0 Å². The van der Waals surface area contributed by atoms with Gasteiger partial charge in [0.15, 0.2) is 0 Å². The number of aromatic nitrogens is 1. The molecule has 0 aliphatic heterocycles. The van der Waals surface area contributed by atoms with Crippen molar-refractivity contribution in [1.29, 1.82) is 0 Å². The fraction of sp³-hybridized carbons (Fsp3) is 0.308. The summed E-state index contributed by atoms with van der Waals surface area (Å²) in [5, 5.41) is 9.86. The predicted octanol–water partition coefficient (Wildman–Crippen LogP) is 1.24. The number of rotatable bonds is 3. The normalized spacial score (nSPS) is 10.8. The molecule has 0 aliphatic rings. The van der Waals surface area contributed by atoms with Gasteiger partial charge < -0.3 is 14.6 Å². The Balaban J connectivity index is 2.33. The number of aliphatic hydroxyl groups is 1. The lowest BCUT2D eigenvalue weighted by atomic mass is 10.1. The zero-order valence-electron chi connectivity index (χ0n) is 10.1. The van der Waals surface area contributed by atoms with E-state index in [0.29, 0.717) is 12.1 Å². The molecule has 1 aromatic heterocycles. The third-order valence-electron chi connectivity index (χ3n) is 2.91. The summed E-state index contributed by atoms with van der Waals surface area (Å²) in [5.41, 5.74) is 1.76. The van der Waals surface area contributed by atoms with Crippen LogP contribution in [0.2, 0.25) is 0 Å². The summed E-state index contributed by atoms with van der Waals surface area (Å²) in [7, 11) is 3.66. The van der Waals surface area contributed by atoms with E-state index >= 15 is 0 Å². The van der Waals surface area contributed by atoms with Crippen LogP contribution in [0.5, 0.6) is 0 Å². The van der Waals surface area contributed by atoms with Crippen LogP contribution in [0, 0.1) is 0 Å². The molecule has 2 rings (SSSR count). The maximum absolute atomic E-state index is 12.0. The summed E-state index contributed by atoms with van der Waals surface area (Å²) in [5.74, 6) is -0.0650. The van der Waals surface area contributed by atoms with Crippen molar-refractivity contribution in [2.24, 2.45) is 7.05 Å². The molecule has 0 saturated carbocycles. The maximum Gasteiger partial charge on any atom is 0.253 e. The number of aliphatic hydroxyl groups excluding tert-OH is 1. The minimum atomic E-state index is -0.0650. The van der Waals surface area contributed by atoms with Crippen LogP contribution in [0.25, 0.3) is 10.9 Å². The van der Waals surface area contributed by atoms with Crippen LogP contribution in [0.15, 0.2) is 30.5 Å². The number of carbonyl (C=O) groups excluding carboxylic acids is 1. The number of fused-ring (bicyclic) bond motifs is 1. The fourth-order valence-corrected chi connectivity index (χ4v) is 1.89. The molecule has 2 aromatic rings. The SMILES string of the molecule is CN(CCO)C(=O)c1ccc2c(ccn2C)c1. The summed E-state index contributed by atoms with van der Waals surface area (Å²) in [6.45, 7) is 0.335. The number of likely N-dealkylation sites (N-methyl/N-ethyl adjacent to an activating group) is 1. The van der Waals surface area contributed by atoms with Crippen molar-refractivity contribution in [3.8, 4) is 0 Å². The maximum atomic E-state index is 12.0. The van der Waals surface area contributed by atoms with Gasteiger partial charge in [0.05, 0.1) is 6.61 Å². The van der Waals surface area contributed by atoms with E-state index in [0.717, 1.165) is 10.9 Å². The average Bonchev–Trinajstić information content (AvgIpc) is 2.70. The Labute approximate surface area is 100 Å². The third kappa shape index (κ3) is 2.17. The molecular weight excluding hydrogens is 216 g/mol. The Morgan fingerprint density at radius 2 is 2.18 bits per heavy atom. The lowest BCUT2D eigenvalue weighted by molar-refractivity contribution is 0.0767. The fourth-order valence-electron chi connectivity index (χ4n) is 1.89. The molecule has 0 radical (unpaired) electrons. The Kier molecular flexibility index (Phi) is 3.15. The molecule has 4 nitrogen and oxygen atoms in total. The molecule has 1 amide bonds. The number of hydrogen-bond acceptors (Lipinski definition) is 2. The zero-order chi connectivity index (χ0) is 12.4. The zero-order valence-corrected chi connectivity index (χ0v) is 10.1. The van der Waals surface area contributed by atoms with E-state index in [1.807, 2.05) is 42.1 Å². The molecule has 1 aromatic carbocycles. The second kappa shape index (κ2) is 4.59. The van der Waals surface area contributed by atoms with Gasteiger partial charge in [-0.15, -0.1) is 0 Å². The smallest absolute Gasteiger partial charge is 0.253 e. The van der Waals surface area contributed by atoms with E-state index < -0.39 is 0 Å². The highest BCUT2D eigenvalue weighted by Crippen LogP contribution is 2.17. The first-order valence-corrected chi connectivity index (χ1v) is 5.55. The van der Waals surface area contributed by atoms with Crippen LogP contribution >= 0.6 is 0 Å². The third-order valence-corrected chi connectivity index (χ3v) is 2.91. The van der Waals surface area contributed by atoms with E-state index in [1.165, 1.54) is 4.90 Å². The van der Waals surface area contributed by atoms with E-state index in [4.69, 9.17) is 5.11 Å². The second-order valence-corrected chi connectivity index (χ2v) is 4.15. The highest BCUT2D eigenvalue weighted by atomic mass is 16.3. The van der Waals surface area contributed by atoms with Gasteiger partial charge in [-0.25, -0.2) is 0 Å². The van der Waals surface area contributed by atoms with Crippen LogP contribution in [0.4, 0.5) is 0 Å². The number of benzene rings is 1. The van der Waals surface area contributed by atoms with Crippen LogP contribution < -0.4 is 0 Å². The molecule has 4 heteroatoms. The molecule has 0 fully saturated rings. The Bertz CT molecular complexity index is 545. The molecule has 1 N–H and O–H groups in total. The summed E-state index contributed by atoms with van der Waals surface area (Å²) in [4.78, 5) is 13.5. The van der Waals surface area contributed by atoms with Crippen molar-refractivity contribution in [3.05, 3.63) is 36.0 Å². The summed E-state index contributed by atoms with van der Waals surface area (Å²) in [6, 6.07) is 7.62. The number of nitrogens with zero attached hydrogens (tertiary/aromatic N) is 2. The highest BCUT2D eigenvalue weighted by molar-refractivity contribution is 5.98. The molecule has 0 bridgehead atoms. The molecule has 0 spiro atoms. The molecule has 0 aliphatic carbocycles. The molecule has 0 saturated heterocycles. The van der Waals surface area contributed by atoms with E-state index in [2.05, 4.69) is 0 Å². The highest BCUT2D eigenvalue weighted by Gasteiger charge is 2.11. The quantitative estimate of drug-likeness (QED) is 0.865. The number of amides is 1. The van der Waals surface area contributed by atoms with Crippen LogP contribution in [-0.4, -0.2) is 40.7 Å². The van der Waals surface area contributed by atoms with Gasteiger partial charge in [0, 0.05) is 43.3 Å². The molecule has 17 heavy (non-hydrogen) atoms. The summed E-state index contributed by atoms with van der Waals surface area (Å²) < 4.78 is 2.01. The first-order chi connectivity index (χ1) is 8.13. The number of carbonyl (C=O) groups is 1. The lowest BCUT2D eigenvalue weighted by Gasteiger charge is -2.15. The predicted molar refractivity (Wildman–Crippen MR) is 67.0 cm³/mol. The molecule has 90 valence electrons. The van der Waals surface area contributed by atoms with Crippen LogP contribution in [0.3, 0.4) is 0 Å². The Morgan fingerprint density at radius 3 is 2.88 bits per heavy atom. The first kappa shape index (κ1) is 11.7. The Morgan fingerprint density at radius 1 is 1.41 bits per heavy atom. The van der Waals surface area contributed by atoms with Gasteiger partial charge in [-0.1, -0.05) is 0 Å². The lowest BCUT2D eigenvalue weighted by Crippen LogP contribution is -2.29. The summed E-state index contributed by atoms with van der Waals surface area (Å²) >= 11 is 0. The second-order valence-electron chi connectivity index (χ2n) is 4.15. The molecule has 1 heterocycles. The number of aryl methyl sites for hydroxylation is 1. The van der Waals surface area contributed by atoms with Crippen molar-refractivity contribution < 1.29 is 9.90 Å². The molecule has 0 atom stereocenters. The van der Waals surface area contributed by atoms with Gasteiger partial charge in [0.1, 0.15) is 0 Å². The molecular formula is C13H16N2O2. The van der Waals surface area contributed by atoms with Crippen LogP contribution in [-0.2, 0) is 7.05 Å².